The van der Waals surface area contributed by atoms with Gasteiger partial charge >= 0.3 is 0 Å². The third kappa shape index (κ3) is 3.50. The summed E-state index contributed by atoms with van der Waals surface area (Å²) in [7, 11) is -3.75. The fourth-order valence-electron chi connectivity index (χ4n) is 4.66. The number of furan rings is 1. The van der Waals surface area contributed by atoms with E-state index in [4.69, 9.17) is 4.42 Å². The van der Waals surface area contributed by atoms with Crippen LogP contribution in [0.4, 0.5) is 0 Å². The predicted octanol–water partition coefficient (Wildman–Crippen LogP) is 1.66. The van der Waals surface area contributed by atoms with Gasteiger partial charge in [0.1, 0.15) is 5.76 Å². The highest BCUT2D eigenvalue weighted by Crippen LogP contribution is 2.41. The molecule has 0 saturated carbocycles. The van der Waals surface area contributed by atoms with Crippen LogP contribution in [0.25, 0.3) is 0 Å². The number of carbonyl (C=O) groups is 2. The zero-order valence-corrected chi connectivity index (χ0v) is 17.8. The molecule has 3 aliphatic rings. The number of fused-ring (bicyclic) bond motifs is 1. The van der Waals surface area contributed by atoms with Crippen molar-refractivity contribution in [1.29, 1.82) is 0 Å². The molecule has 2 saturated heterocycles. The number of amides is 2. The van der Waals surface area contributed by atoms with E-state index in [9.17, 15) is 18.0 Å². The SMILES string of the molecule is CC(C)[C@H]1C(=O)N(S(C)(=O)=O)C2=CCN(C(=O)c3ccc(CN4CCCC4)o3)[C@@H]21. The normalized spacial score (nSPS) is 25.2. The highest BCUT2D eigenvalue weighted by atomic mass is 32.2. The number of carbonyl (C=O) groups excluding carboxylic acids is 2. The minimum absolute atomic E-state index is 0.113. The maximum atomic E-state index is 13.2. The van der Waals surface area contributed by atoms with Crippen LogP contribution < -0.4 is 0 Å². The lowest BCUT2D eigenvalue weighted by Crippen LogP contribution is -2.42. The summed E-state index contributed by atoms with van der Waals surface area (Å²) >= 11 is 0. The molecule has 29 heavy (non-hydrogen) atoms. The summed E-state index contributed by atoms with van der Waals surface area (Å²) in [6.07, 6.45) is 5.04. The standard InChI is InChI=1S/C20H27N3O5S/c1-13(2)17-18-15(23(20(17)25)29(3,26)27)8-11-22(18)19(24)16-7-6-14(28-16)12-21-9-4-5-10-21/h6-8,13,17-18H,4-5,9-12H2,1-3H3/t17-,18+/m1/s1. The second-order valence-electron chi connectivity index (χ2n) is 8.42. The predicted molar refractivity (Wildman–Crippen MR) is 106 cm³/mol. The largest absolute Gasteiger partial charge is 0.455 e. The third-order valence-electron chi connectivity index (χ3n) is 5.96. The Hall–Kier alpha value is -2.13. The van der Waals surface area contributed by atoms with Gasteiger partial charge in [-0.25, -0.2) is 12.7 Å². The Morgan fingerprint density at radius 1 is 1.24 bits per heavy atom. The fourth-order valence-corrected chi connectivity index (χ4v) is 5.67. The molecule has 8 nitrogen and oxygen atoms in total. The molecule has 0 radical (unpaired) electrons. The van der Waals surface area contributed by atoms with Crippen LogP contribution in [0, 0.1) is 11.8 Å². The quantitative estimate of drug-likeness (QED) is 0.718. The molecule has 0 spiro atoms. The number of hydrogen-bond donors (Lipinski definition) is 0. The molecule has 0 N–H and O–H groups in total. The van der Waals surface area contributed by atoms with Crippen molar-refractivity contribution in [1.82, 2.24) is 14.1 Å². The molecule has 0 bridgehead atoms. The van der Waals surface area contributed by atoms with Gasteiger partial charge in [0.15, 0.2) is 5.76 Å². The van der Waals surface area contributed by atoms with E-state index in [2.05, 4.69) is 4.90 Å². The monoisotopic (exact) mass is 421 g/mol. The Balaban J connectivity index is 1.57. The molecule has 158 valence electrons. The van der Waals surface area contributed by atoms with E-state index in [-0.39, 0.29) is 24.1 Å². The summed E-state index contributed by atoms with van der Waals surface area (Å²) in [5, 5.41) is 0. The minimum atomic E-state index is -3.75. The number of likely N-dealkylation sites (tertiary alicyclic amines) is 1. The van der Waals surface area contributed by atoms with Crippen LogP contribution in [-0.2, 0) is 21.4 Å². The number of rotatable bonds is 5. The molecule has 9 heteroatoms. The van der Waals surface area contributed by atoms with Gasteiger partial charge in [-0.05, 0) is 50.1 Å². The Bertz CT molecular complexity index is 959. The highest BCUT2D eigenvalue weighted by Gasteiger charge is 2.55. The van der Waals surface area contributed by atoms with Crippen LogP contribution in [0.15, 0.2) is 28.3 Å². The molecule has 3 aliphatic heterocycles. The van der Waals surface area contributed by atoms with Crippen molar-refractivity contribution in [3.8, 4) is 0 Å². The molecule has 2 atom stereocenters. The van der Waals surface area contributed by atoms with Gasteiger partial charge < -0.3 is 9.32 Å². The van der Waals surface area contributed by atoms with E-state index in [0.717, 1.165) is 29.4 Å². The van der Waals surface area contributed by atoms with Crippen molar-refractivity contribution < 1.29 is 22.4 Å². The van der Waals surface area contributed by atoms with E-state index in [0.29, 0.717) is 12.2 Å². The van der Waals surface area contributed by atoms with Gasteiger partial charge in [0.05, 0.1) is 30.5 Å². The van der Waals surface area contributed by atoms with Crippen molar-refractivity contribution in [2.45, 2.75) is 39.3 Å². The summed E-state index contributed by atoms with van der Waals surface area (Å²) in [5.41, 5.74) is 0.383. The van der Waals surface area contributed by atoms with E-state index in [1.165, 1.54) is 12.8 Å². The van der Waals surface area contributed by atoms with Crippen molar-refractivity contribution in [3.63, 3.8) is 0 Å². The molecule has 1 aromatic heterocycles. The molecule has 1 aromatic rings. The average Bonchev–Trinajstić information content (AvgIpc) is 3.37. The first-order valence-corrected chi connectivity index (χ1v) is 11.9. The average molecular weight is 422 g/mol. The van der Waals surface area contributed by atoms with Crippen molar-refractivity contribution in [2.24, 2.45) is 11.8 Å². The van der Waals surface area contributed by atoms with Crippen molar-refractivity contribution >= 4 is 21.8 Å². The maximum Gasteiger partial charge on any atom is 0.290 e. The van der Waals surface area contributed by atoms with Crippen LogP contribution >= 0.6 is 0 Å². The second-order valence-corrected chi connectivity index (χ2v) is 10.2. The molecule has 2 amide bonds. The molecule has 2 fully saturated rings. The first kappa shape index (κ1) is 20.2. The van der Waals surface area contributed by atoms with Crippen LogP contribution in [0.3, 0.4) is 0 Å². The van der Waals surface area contributed by atoms with E-state index in [1.807, 2.05) is 19.9 Å². The van der Waals surface area contributed by atoms with Crippen molar-refractivity contribution in [3.05, 3.63) is 35.4 Å². The molecular weight excluding hydrogens is 394 g/mol. The number of hydrogen-bond acceptors (Lipinski definition) is 6. The first-order chi connectivity index (χ1) is 13.7. The summed E-state index contributed by atoms with van der Waals surface area (Å²) < 4.78 is 31.1. The highest BCUT2D eigenvalue weighted by molar-refractivity contribution is 7.89. The second kappa shape index (κ2) is 7.28. The minimum Gasteiger partial charge on any atom is -0.455 e. The van der Waals surface area contributed by atoms with Gasteiger partial charge in [0.25, 0.3) is 5.91 Å². The van der Waals surface area contributed by atoms with E-state index < -0.39 is 27.9 Å². The Morgan fingerprint density at radius 2 is 1.93 bits per heavy atom. The van der Waals surface area contributed by atoms with Gasteiger partial charge in [-0.2, -0.15) is 0 Å². The summed E-state index contributed by atoms with van der Waals surface area (Å²) in [6.45, 7) is 6.73. The van der Waals surface area contributed by atoms with Gasteiger partial charge in [0, 0.05) is 6.54 Å². The smallest absolute Gasteiger partial charge is 0.290 e. The Labute approximate surface area is 171 Å². The summed E-state index contributed by atoms with van der Waals surface area (Å²) in [6, 6.07) is 2.90. The van der Waals surface area contributed by atoms with Gasteiger partial charge in [0.2, 0.25) is 15.9 Å². The van der Waals surface area contributed by atoms with Gasteiger partial charge in [-0.1, -0.05) is 13.8 Å². The maximum absolute atomic E-state index is 13.2. The molecular formula is C20H27N3O5S. The van der Waals surface area contributed by atoms with Crippen LogP contribution in [-0.4, -0.2) is 66.3 Å². The lowest BCUT2D eigenvalue weighted by atomic mass is 9.89. The van der Waals surface area contributed by atoms with E-state index in [1.54, 1.807) is 17.0 Å². The number of sulfonamides is 1. The topological polar surface area (TPSA) is 91.1 Å². The zero-order valence-electron chi connectivity index (χ0n) is 17.0. The van der Waals surface area contributed by atoms with Gasteiger partial charge in [-0.15, -0.1) is 0 Å². The van der Waals surface area contributed by atoms with Crippen LogP contribution in [0.5, 0.6) is 0 Å². The lowest BCUT2D eigenvalue weighted by Gasteiger charge is -2.28. The third-order valence-corrected chi connectivity index (χ3v) is 7.01. The van der Waals surface area contributed by atoms with E-state index >= 15 is 0 Å². The molecule has 0 aromatic carbocycles. The zero-order chi connectivity index (χ0) is 20.9. The number of nitrogens with zero attached hydrogens (tertiary/aromatic N) is 3. The Kier molecular flexibility index (Phi) is 5.06. The van der Waals surface area contributed by atoms with Crippen molar-refractivity contribution in [2.75, 3.05) is 25.9 Å². The van der Waals surface area contributed by atoms with Crippen LogP contribution in [0.1, 0.15) is 43.0 Å². The molecule has 4 heterocycles. The van der Waals surface area contributed by atoms with Gasteiger partial charge in [-0.3, -0.25) is 14.5 Å². The molecule has 4 rings (SSSR count). The molecule has 0 aliphatic carbocycles. The first-order valence-electron chi connectivity index (χ1n) is 10.0. The lowest BCUT2D eigenvalue weighted by molar-refractivity contribution is -0.128. The summed E-state index contributed by atoms with van der Waals surface area (Å²) in [5.74, 6) is -0.530. The summed E-state index contributed by atoms with van der Waals surface area (Å²) in [4.78, 5) is 29.9. The fraction of sp³-hybridized carbons (Fsp3) is 0.600. The van der Waals surface area contributed by atoms with Crippen LogP contribution in [0.2, 0.25) is 0 Å². The molecule has 0 unspecified atom stereocenters. The Morgan fingerprint density at radius 3 is 2.55 bits per heavy atom.